The van der Waals surface area contributed by atoms with E-state index in [-0.39, 0.29) is 43.1 Å². The Morgan fingerprint density at radius 3 is 2.08 bits per heavy atom. The fourth-order valence-corrected chi connectivity index (χ4v) is 5.56. The Hall–Kier alpha value is -3.98. The summed E-state index contributed by atoms with van der Waals surface area (Å²) in [6.07, 6.45) is 0.508. The van der Waals surface area contributed by atoms with E-state index in [9.17, 15) is 32.7 Å². The summed E-state index contributed by atoms with van der Waals surface area (Å²) in [5.74, 6) is -2.75. The number of carbonyl (C=O) groups excluding carboxylic acids is 4. The highest BCUT2D eigenvalue weighted by Crippen LogP contribution is 2.17. The first-order chi connectivity index (χ1) is 23.5. The molecule has 0 spiro atoms. The molecule has 0 fully saturated rings. The second kappa shape index (κ2) is 22.0. The molecule has 1 aromatic heterocycles. The van der Waals surface area contributed by atoms with Crippen molar-refractivity contribution in [2.45, 2.75) is 112 Å². The number of amides is 4. The third-order valence-electron chi connectivity index (χ3n) is 7.75. The topological polar surface area (TPSA) is 198 Å². The van der Waals surface area contributed by atoms with E-state index >= 15 is 0 Å². The average molecular weight is 723 g/mol. The number of hydrogen-bond acceptors (Lipinski definition) is 9. The quantitative estimate of drug-likeness (QED) is 0.145. The van der Waals surface area contributed by atoms with Crippen molar-refractivity contribution in [3.05, 3.63) is 53.9 Å². The molecular weight excluding hydrogens is 664 g/mol. The molecule has 282 valence electrons. The first kappa shape index (κ1) is 44.0. The fraction of sp³-hybridized carbons (Fsp3) is 0.629. The van der Waals surface area contributed by atoms with Crippen LogP contribution in [0.4, 0.5) is 4.79 Å². The number of hydrogen-bond donors (Lipinski definition) is 5. The molecule has 0 aliphatic carbocycles. The van der Waals surface area contributed by atoms with Gasteiger partial charge in [-0.1, -0.05) is 78.8 Å². The lowest BCUT2D eigenvalue weighted by Gasteiger charge is -2.30. The predicted octanol–water partition coefficient (Wildman–Crippen LogP) is 3.08. The number of aromatic nitrogens is 2. The molecule has 0 unspecified atom stereocenters. The van der Waals surface area contributed by atoms with Crippen LogP contribution in [0.5, 0.6) is 0 Å². The molecule has 4 amide bonds. The van der Waals surface area contributed by atoms with Gasteiger partial charge in [-0.05, 0) is 49.7 Å². The number of rotatable bonds is 19. The summed E-state index contributed by atoms with van der Waals surface area (Å²) < 4.78 is 30.4. The SMILES string of the molecule is CC.Cc1ccnn1COC(=O)N[C@@H](CCS(C)(=O)=O)C(=O)N[C@@H](CC(C)C)[C@@H](O)C[C@@H](C)C(=O)N[C@H](C(=O)NCc1ccccc1)C(C)C. The van der Waals surface area contributed by atoms with Crippen LogP contribution in [0, 0.1) is 24.7 Å². The molecule has 0 saturated carbocycles. The Morgan fingerprint density at radius 1 is 0.900 bits per heavy atom. The Kier molecular flexibility index (Phi) is 19.3. The van der Waals surface area contributed by atoms with E-state index in [4.69, 9.17) is 4.74 Å². The standard InChI is InChI=1S/C33H52N6O8S.C2H6/c1-21(2)17-27(36-31(42)26(14-16-48(7,45)46)37-33(44)47-20-39-24(6)13-15-35-39)28(40)18-23(5)30(41)38-29(22(3)4)32(43)34-19-25-11-9-8-10-12-25;1-2/h8-13,15,21-23,26-29,40H,14,16-20H2,1-7H3,(H,34,43)(H,36,42)(H,37,44)(H,38,41);1-2H3/t23-,26+,27+,28+,29+;/m1./s1. The summed E-state index contributed by atoms with van der Waals surface area (Å²) in [6, 6.07) is 8.21. The summed E-state index contributed by atoms with van der Waals surface area (Å²) in [6.45, 7) is 14.9. The third-order valence-corrected chi connectivity index (χ3v) is 8.73. The molecule has 5 atom stereocenters. The number of aliphatic hydroxyl groups excluding tert-OH is 1. The second-order valence-electron chi connectivity index (χ2n) is 13.0. The predicted molar refractivity (Wildman–Crippen MR) is 192 cm³/mol. The molecule has 2 rings (SSSR count). The minimum absolute atomic E-state index is 0.0254. The summed E-state index contributed by atoms with van der Waals surface area (Å²) in [5, 5.41) is 26.1. The zero-order chi connectivity index (χ0) is 38.0. The van der Waals surface area contributed by atoms with Crippen LogP contribution in [-0.2, 0) is 42.2 Å². The van der Waals surface area contributed by atoms with Gasteiger partial charge < -0.3 is 31.1 Å². The van der Waals surface area contributed by atoms with Crippen molar-refractivity contribution in [2.75, 3.05) is 12.0 Å². The highest BCUT2D eigenvalue weighted by molar-refractivity contribution is 7.90. The van der Waals surface area contributed by atoms with Crippen molar-refractivity contribution in [1.29, 1.82) is 0 Å². The fourth-order valence-electron chi connectivity index (χ4n) is 4.90. The highest BCUT2D eigenvalue weighted by atomic mass is 32.2. The van der Waals surface area contributed by atoms with Crippen LogP contribution in [-0.4, -0.2) is 83.4 Å². The molecule has 0 aliphatic heterocycles. The molecule has 15 heteroatoms. The van der Waals surface area contributed by atoms with Crippen LogP contribution in [0.25, 0.3) is 0 Å². The molecule has 1 heterocycles. The maximum atomic E-state index is 13.4. The molecule has 1 aromatic carbocycles. The lowest BCUT2D eigenvalue weighted by molar-refractivity contribution is -0.132. The Labute approximate surface area is 297 Å². The maximum absolute atomic E-state index is 13.4. The number of benzene rings is 1. The van der Waals surface area contributed by atoms with E-state index < -0.39 is 57.9 Å². The van der Waals surface area contributed by atoms with E-state index in [0.29, 0.717) is 13.0 Å². The summed E-state index contributed by atoms with van der Waals surface area (Å²) in [7, 11) is -3.48. The van der Waals surface area contributed by atoms with E-state index in [1.54, 1.807) is 19.9 Å². The number of alkyl carbamates (subject to hydrolysis) is 1. The van der Waals surface area contributed by atoms with Gasteiger partial charge >= 0.3 is 6.09 Å². The number of aryl methyl sites for hydroxylation is 1. The average Bonchev–Trinajstić information content (AvgIpc) is 3.47. The van der Waals surface area contributed by atoms with Gasteiger partial charge in [-0.15, -0.1) is 0 Å². The lowest BCUT2D eigenvalue weighted by Crippen LogP contribution is -2.54. The number of nitrogens with zero attached hydrogens (tertiary/aromatic N) is 2. The van der Waals surface area contributed by atoms with Gasteiger partial charge in [0, 0.05) is 30.6 Å². The van der Waals surface area contributed by atoms with Crippen LogP contribution in [0.15, 0.2) is 42.6 Å². The third kappa shape index (κ3) is 16.6. The van der Waals surface area contributed by atoms with Crippen molar-refractivity contribution in [1.82, 2.24) is 31.0 Å². The summed E-state index contributed by atoms with van der Waals surface area (Å²) in [4.78, 5) is 52.2. The highest BCUT2D eigenvalue weighted by Gasteiger charge is 2.32. The van der Waals surface area contributed by atoms with Gasteiger partial charge in [0.25, 0.3) is 0 Å². The molecule has 0 radical (unpaired) electrons. The summed E-state index contributed by atoms with van der Waals surface area (Å²) >= 11 is 0. The minimum Gasteiger partial charge on any atom is -0.426 e. The monoisotopic (exact) mass is 722 g/mol. The van der Waals surface area contributed by atoms with E-state index in [1.165, 1.54) is 10.9 Å². The molecule has 50 heavy (non-hydrogen) atoms. The van der Waals surface area contributed by atoms with E-state index in [1.807, 2.05) is 71.9 Å². The largest absolute Gasteiger partial charge is 0.426 e. The molecule has 0 aliphatic rings. The van der Waals surface area contributed by atoms with Crippen molar-refractivity contribution in [3.63, 3.8) is 0 Å². The van der Waals surface area contributed by atoms with E-state index in [0.717, 1.165) is 17.5 Å². The van der Waals surface area contributed by atoms with Crippen molar-refractivity contribution < 1.29 is 37.4 Å². The van der Waals surface area contributed by atoms with Crippen LogP contribution >= 0.6 is 0 Å². The van der Waals surface area contributed by atoms with Crippen LogP contribution in [0.2, 0.25) is 0 Å². The van der Waals surface area contributed by atoms with Gasteiger partial charge in [-0.2, -0.15) is 5.10 Å². The van der Waals surface area contributed by atoms with Crippen LogP contribution in [0.1, 0.15) is 79.0 Å². The van der Waals surface area contributed by atoms with Crippen LogP contribution in [0.3, 0.4) is 0 Å². The molecule has 14 nitrogen and oxygen atoms in total. The molecule has 2 aromatic rings. The number of nitrogens with one attached hydrogen (secondary N) is 4. The first-order valence-electron chi connectivity index (χ1n) is 17.2. The van der Waals surface area contributed by atoms with Gasteiger partial charge in [0.05, 0.1) is 17.9 Å². The van der Waals surface area contributed by atoms with Gasteiger partial charge in [-0.25, -0.2) is 17.9 Å². The zero-order valence-electron chi connectivity index (χ0n) is 30.9. The number of carbonyl (C=O) groups is 4. The second-order valence-corrected chi connectivity index (χ2v) is 15.3. The minimum atomic E-state index is -3.48. The van der Waals surface area contributed by atoms with E-state index in [2.05, 4.69) is 26.4 Å². The normalized spacial score (nSPS) is 14.3. The Morgan fingerprint density at radius 2 is 1.54 bits per heavy atom. The number of ether oxygens (including phenoxy) is 1. The number of sulfone groups is 1. The summed E-state index contributed by atoms with van der Waals surface area (Å²) in [5.41, 5.74) is 1.66. The first-order valence-corrected chi connectivity index (χ1v) is 19.2. The molecule has 0 saturated heterocycles. The number of aliphatic hydroxyl groups is 1. The van der Waals surface area contributed by atoms with Crippen molar-refractivity contribution in [2.24, 2.45) is 17.8 Å². The molecular formula is C35H58N6O8S. The smallest absolute Gasteiger partial charge is 0.409 e. The van der Waals surface area contributed by atoms with Gasteiger partial charge in [-0.3, -0.25) is 14.4 Å². The Balaban J connectivity index is 0.00000613. The molecule has 0 bridgehead atoms. The van der Waals surface area contributed by atoms with Crippen LogP contribution < -0.4 is 21.3 Å². The molecule has 5 N–H and O–H groups in total. The van der Waals surface area contributed by atoms with Gasteiger partial charge in [0.2, 0.25) is 17.7 Å². The van der Waals surface area contributed by atoms with Crippen molar-refractivity contribution >= 4 is 33.7 Å². The van der Waals surface area contributed by atoms with Gasteiger partial charge in [0.15, 0.2) is 6.73 Å². The van der Waals surface area contributed by atoms with Gasteiger partial charge in [0.1, 0.15) is 21.9 Å². The van der Waals surface area contributed by atoms with Crippen molar-refractivity contribution in [3.8, 4) is 0 Å². The maximum Gasteiger partial charge on any atom is 0.409 e. The Bertz CT molecular complexity index is 1450. The lowest BCUT2D eigenvalue weighted by atomic mass is 9.91. The zero-order valence-corrected chi connectivity index (χ0v) is 31.7.